The van der Waals surface area contributed by atoms with Crippen molar-refractivity contribution in [2.75, 3.05) is 31.6 Å². The number of benzene rings is 2. The first kappa shape index (κ1) is 24.2. The fourth-order valence-electron chi connectivity index (χ4n) is 3.96. The van der Waals surface area contributed by atoms with Gasteiger partial charge in [-0.05, 0) is 36.8 Å². The number of morpholine rings is 1. The molecule has 0 unspecified atom stereocenters. The molecule has 11 heteroatoms. The highest BCUT2D eigenvalue weighted by molar-refractivity contribution is 7.89. The number of sulfonamides is 1. The maximum Gasteiger partial charge on any atom is 0.243 e. The maximum absolute atomic E-state index is 13.8. The number of carbonyl (C=O) groups excluding carboxylic acids is 1. The summed E-state index contributed by atoms with van der Waals surface area (Å²) in [6, 6.07) is 8.21. The van der Waals surface area contributed by atoms with E-state index in [9.17, 15) is 22.0 Å². The third kappa shape index (κ3) is 4.96. The van der Waals surface area contributed by atoms with Gasteiger partial charge in [0, 0.05) is 32.5 Å². The molecule has 4 rings (SSSR count). The molecule has 1 N–H and O–H groups in total. The SMILES string of the molecule is CCCn1c(CCC(=O)Nc2c(F)cccc2F)nc2cc(S(=O)(=O)N3CCOCC3)ccc21. The van der Waals surface area contributed by atoms with Crippen LogP contribution in [0.15, 0.2) is 41.3 Å². The van der Waals surface area contributed by atoms with Crippen molar-refractivity contribution in [1.82, 2.24) is 13.9 Å². The van der Waals surface area contributed by atoms with E-state index in [1.54, 1.807) is 18.2 Å². The number of fused-ring (bicyclic) bond motifs is 1. The first-order chi connectivity index (χ1) is 16.3. The summed E-state index contributed by atoms with van der Waals surface area (Å²) in [5.41, 5.74) is 0.796. The Balaban J connectivity index is 1.56. The van der Waals surface area contributed by atoms with Crippen LogP contribution in [0.3, 0.4) is 0 Å². The van der Waals surface area contributed by atoms with Crippen molar-refractivity contribution in [3.05, 3.63) is 53.9 Å². The molecule has 1 aliphatic rings. The van der Waals surface area contributed by atoms with Crippen LogP contribution in [-0.4, -0.2) is 54.5 Å². The summed E-state index contributed by atoms with van der Waals surface area (Å²) in [5, 5.41) is 2.28. The lowest BCUT2D eigenvalue weighted by Crippen LogP contribution is -2.40. The molecular weight excluding hydrogens is 466 g/mol. The van der Waals surface area contributed by atoms with Gasteiger partial charge >= 0.3 is 0 Å². The first-order valence-electron chi connectivity index (χ1n) is 11.1. The lowest BCUT2D eigenvalue weighted by atomic mass is 10.2. The molecule has 0 aliphatic carbocycles. The lowest BCUT2D eigenvalue weighted by Gasteiger charge is -2.26. The number of para-hydroxylation sites is 1. The summed E-state index contributed by atoms with van der Waals surface area (Å²) in [6.45, 7) is 3.94. The van der Waals surface area contributed by atoms with E-state index >= 15 is 0 Å². The molecule has 3 aromatic rings. The van der Waals surface area contributed by atoms with Gasteiger partial charge in [0.2, 0.25) is 15.9 Å². The Kier molecular flexibility index (Phi) is 7.24. The van der Waals surface area contributed by atoms with Crippen molar-refractivity contribution >= 4 is 32.7 Å². The molecule has 0 bridgehead atoms. The number of aryl methyl sites for hydroxylation is 2. The quantitative estimate of drug-likeness (QED) is 0.521. The molecule has 0 radical (unpaired) electrons. The first-order valence-corrected chi connectivity index (χ1v) is 12.6. The Morgan fingerprint density at radius 2 is 1.85 bits per heavy atom. The van der Waals surface area contributed by atoms with Gasteiger partial charge in [-0.2, -0.15) is 4.31 Å². The second-order valence-electron chi connectivity index (χ2n) is 7.99. The van der Waals surface area contributed by atoms with Crippen molar-refractivity contribution in [2.45, 2.75) is 37.6 Å². The molecule has 182 valence electrons. The van der Waals surface area contributed by atoms with Crippen molar-refractivity contribution in [1.29, 1.82) is 0 Å². The summed E-state index contributed by atoms with van der Waals surface area (Å²) < 4.78 is 62.2. The standard InChI is InChI=1S/C23H26F2N4O4S/c1-2-10-29-20-7-6-16(34(31,32)28-11-13-33-14-12-28)15-19(20)26-21(29)8-9-22(30)27-23-17(24)4-3-5-18(23)25/h3-7,15H,2,8-14H2,1H3,(H,27,30). The zero-order chi connectivity index (χ0) is 24.3. The monoisotopic (exact) mass is 492 g/mol. The Morgan fingerprint density at radius 3 is 2.53 bits per heavy atom. The van der Waals surface area contributed by atoms with E-state index in [0.717, 1.165) is 24.1 Å². The molecule has 0 atom stereocenters. The van der Waals surface area contributed by atoms with Gasteiger partial charge in [0.1, 0.15) is 23.1 Å². The van der Waals surface area contributed by atoms with Gasteiger partial charge in [0.15, 0.2) is 0 Å². The molecule has 1 fully saturated rings. The van der Waals surface area contributed by atoms with E-state index < -0.39 is 33.3 Å². The Labute approximate surface area is 196 Å². The van der Waals surface area contributed by atoms with Crippen LogP contribution in [-0.2, 0) is 32.5 Å². The minimum Gasteiger partial charge on any atom is -0.379 e. The number of carbonyl (C=O) groups is 1. The summed E-state index contributed by atoms with van der Waals surface area (Å²) in [7, 11) is -3.67. The average molecular weight is 493 g/mol. The van der Waals surface area contributed by atoms with Gasteiger partial charge in [0.25, 0.3) is 0 Å². The number of ether oxygens (including phenoxy) is 1. The molecule has 1 saturated heterocycles. The van der Waals surface area contributed by atoms with Crippen LogP contribution in [0, 0.1) is 11.6 Å². The topological polar surface area (TPSA) is 93.5 Å². The zero-order valence-electron chi connectivity index (χ0n) is 18.8. The molecule has 0 saturated carbocycles. The minimum absolute atomic E-state index is 0.0419. The summed E-state index contributed by atoms with van der Waals surface area (Å²) in [5.74, 6) is -1.64. The number of hydrogen-bond acceptors (Lipinski definition) is 5. The molecular formula is C23H26F2N4O4S. The smallest absolute Gasteiger partial charge is 0.243 e. The molecule has 1 amide bonds. The molecule has 1 aromatic heterocycles. The number of hydrogen-bond donors (Lipinski definition) is 1. The van der Waals surface area contributed by atoms with Crippen molar-refractivity contribution in [3.63, 3.8) is 0 Å². The number of anilines is 1. The molecule has 2 aromatic carbocycles. The Hall–Kier alpha value is -2.89. The number of rotatable bonds is 8. The minimum atomic E-state index is -3.67. The average Bonchev–Trinajstić information content (AvgIpc) is 3.17. The van der Waals surface area contributed by atoms with Crippen LogP contribution in [0.5, 0.6) is 0 Å². The third-order valence-corrected chi connectivity index (χ3v) is 7.55. The van der Waals surface area contributed by atoms with E-state index in [1.807, 2.05) is 11.5 Å². The van der Waals surface area contributed by atoms with E-state index in [2.05, 4.69) is 10.3 Å². The predicted molar refractivity (Wildman–Crippen MR) is 123 cm³/mol. The van der Waals surface area contributed by atoms with Crippen LogP contribution in [0.1, 0.15) is 25.6 Å². The number of aromatic nitrogens is 2. The zero-order valence-corrected chi connectivity index (χ0v) is 19.6. The molecule has 1 aliphatic heterocycles. The van der Waals surface area contributed by atoms with Crippen molar-refractivity contribution < 1.29 is 26.7 Å². The Morgan fingerprint density at radius 1 is 1.15 bits per heavy atom. The third-order valence-electron chi connectivity index (χ3n) is 5.66. The molecule has 2 heterocycles. The summed E-state index contributed by atoms with van der Waals surface area (Å²) in [6.07, 6.45) is 0.987. The van der Waals surface area contributed by atoms with E-state index in [0.29, 0.717) is 44.2 Å². The molecule has 34 heavy (non-hydrogen) atoms. The maximum atomic E-state index is 13.8. The van der Waals surface area contributed by atoms with Crippen LogP contribution in [0.2, 0.25) is 0 Å². The van der Waals surface area contributed by atoms with Crippen molar-refractivity contribution in [2.24, 2.45) is 0 Å². The van der Waals surface area contributed by atoms with Crippen LogP contribution in [0.4, 0.5) is 14.5 Å². The van der Waals surface area contributed by atoms with Gasteiger partial charge in [-0.1, -0.05) is 13.0 Å². The highest BCUT2D eigenvalue weighted by Gasteiger charge is 2.27. The second-order valence-corrected chi connectivity index (χ2v) is 9.93. The molecule has 8 nitrogen and oxygen atoms in total. The Bertz CT molecular complexity index is 1280. The van der Waals surface area contributed by atoms with Crippen LogP contribution < -0.4 is 5.32 Å². The number of nitrogens with one attached hydrogen (secondary N) is 1. The highest BCUT2D eigenvalue weighted by Crippen LogP contribution is 2.25. The number of halogens is 2. The summed E-state index contributed by atoms with van der Waals surface area (Å²) in [4.78, 5) is 17.1. The number of imidazole rings is 1. The van der Waals surface area contributed by atoms with Crippen LogP contribution in [0.25, 0.3) is 11.0 Å². The second kappa shape index (κ2) is 10.2. The predicted octanol–water partition coefficient (Wildman–Crippen LogP) is 3.32. The van der Waals surface area contributed by atoms with E-state index in [4.69, 9.17) is 4.74 Å². The van der Waals surface area contributed by atoms with Gasteiger partial charge in [-0.25, -0.2) is 22.2 Å². The number of nitrogens with zero attached hydrogens (tertiary/aromatic N) is 3. The summed E-state index contributed by atoms with van der Waals surface area (Å²) >= 11 is 0. The molecule has 0 spiro atoms. The number of amides is 1. The lowest BCUT2D eigenvalue weighted by molar-refractivity contribution is -0.116. The fourth-order valence-corrected chi connectivity index (χ4v) is 5.39. The van der Waals surface area contributed by atoms with Gasteiger partial charge in [-0.3, -0.25) is 4.79 Å². The van der Waals surface area contributed by atoms with E-state index in [1.165, 1.54) is 10.4 Å². The van der Waals surface area contributed by atoms with Crippen LogP contribution >= 0.6 is 0 Å². The van der Waals surface area contributed by atoms with Gasteiger partial charge in [-0.15, -0.1) is 0 Å². The normalized spacial score (nSPS) is 15.0. The van der Waals surface area contributed by atoms with Crippen molar-refractivity contribution in [3.8, 4) is 0 Å². The highest BCUT2D eigenvalue weighted by atomic mass is 32.2. The van der Waals surface area contributed by atoms with E-state index in [-0.39, 0.29) is 17.7 Å². The fraction of sp³-hybridized carbons (Fsp3) is 0.391. The van der Waals surface area contributed by atoms with Gasteiger partial charge < -0.3 is 14.6 Å². The van der Waals surface area contributed by atoms with Gasteiger partial charge in [0.05, 0.1) is 29.1 Å². The largest absolute Gasteiger partial charge is 0.379 e.